The Hall–Kier alpha value is -2.37. The van der Waals surface area contributed by atoms with Gasteiger partial charge in [0.2, 0.25) is 0 Å². The van der Waals surface area contributed by atoms with E-state index in [9.17, 15) is 13.2 Å². The van der Waals surface area contributed by atoms with Gasteiger partial charge >= 0.3 is 10.1 Å². The third-order valence-corrected chi connectivity index (χ3v) is 4.85. The molecule has 0 aliphatic rings. The number of carbonyl (C=O) groups excluding carboxylic acids is 1. The fourth-order valence-corrected chi connectivity index (χ4v) is 3.31. The number of carbonyl (C=O) groups is 1. The number of aldehydes is 1. The largest absolute Gasteiger partial charge is 0.378 e. The number of halogens is 1. The highest BCUT2D eigenvalue weighted by Gasteiger charge is 2.19. The van der Waals surface area contributed by atoms with Crippen LogP contribution in [-0.4, -0.2) is 14.7 Å². The zero-order chi connectivity index (χ0) is 16.4. The molecule has 0 spiro atoms. The molecule has 4 nitrogen and oxygen atoms in total. The summed E-state index contributed by atoms with van der Waals surface area (Å²) in [5.41, 5.74) is 0.195. The van der Waals surface area contributed by atoms with Crippen LogP contribution < -0.4 is 4.18 Å². The van der Waals surface area contributed by atoms with Crippen molar-refractivity contribution in [1.29, 1.82) is 0 Å². The van der Waals surface area contributed by atoms with Crippen LogP contribution in [0, 0.1) is 0 Å². The van der Waals surface area contributed by atoms with E-state index in [0.717, 1.165) is 5.39 Å². The van der Waals surface area contributed by atoms with Gasteiger partial charge < -0.3 is 4.18 Å². The first-order chi connectivity index (χ1) is 11.0. The molecule has 0 N–H and O–H groups in total. The van der Waals surface area contributed by atoms with Crippen LogP contribution in [0.3, 0.4) is 0 Å². The molecule has 116 valence electrons. The molecule has 0 unspecified atom stereocenters. The number of hydrogen-bond donors (Lipinski definition) is 0. The summed E-state index contributed by atoms with van der Waals surface area (Å²) in [7, 11) is -4.05. The minimum atomic E-state index is -4.05. The Labute approximate surface area is 138 Å². The first-order valence-corrected chi connectivity index (χ1v) is 8.47. The van der Waals surface area contributed by atoms with Gasteiger partial charge in [-0.25, -0.2) is 0 Å². The summed E-state index contributed by atoms with van der Waals surface area (Å²) in [5.74, 6) is -0.00588. The molecule has 0 heterocycles. The summed E-state index contributed by atoms with van der Waals surface area (Å²) < 4.78 is 29.8. The van der Waals surface area contributed by atoms with E-state index in [1.165, 1.54) is 30.3 Å². The second kappa shape index (κ2) is 6.02. The summed E-state index contributed by atoms with van der Waals surface area (Å²) in [6, 6.07) is 16.0. The van der Waals surface area contributed by atoms with E-state index in [0.29, 0.717) is 16.7 Å². The van der Waals surface area contributed by atoms with Gasteiger partial charge in [-0.15, -0.1) is 0 Å². The Morgan fingerprint density at radius 1 is 0.913 bits per heavy atom. The van der Waals surface area contributed by atoms with Crippen LogP contribution in [0.25, 0.3) is 10.8 Å². The molecule has 0 saturated heterocycles. The van der Waals surface area contributed by atoms with Crippen molar-refractivity contribution in [2.75, 3.05) is 0 Å². The lowest BCUT2D eigenvalue weighted by atomic mass is 10.0. The molecule has 3 aromatic rings. The number of hydrogen-bond acceptors (Lipinski definition) is 4. The first-order valence-electron chi connectivity index (χ1n) is 6.68. The molecule has 0 amide bonds. The molecule has 23 heavy (non-hydrogen) atoms. The van der Waals surface area contributed by atoms with Gasteiger partial charge in [-0.2, -0.15) is 8.42 Å². The molecule has 0 fully saturated rings. The van der Waals surface area contributed by atoms with E-state index in [4.69, 9.17) is 15.8 Å². The van der Waals surface area contributed by atoms with Crippen LogP contribution in [0.5, 0.6) is 5.75 Å². The predicted octanol–water partition coefficient (Wildman–Crippen LogP) is 4.07. The first kappa shape index (κ1) is 15.5. The van der Waals surface area contributed by atoms with Crippen molar-refractivity contribution in [3.63, 3.8) is 0 Å². The Morgan fingerprint density at radius 2 is 1.61 bits per heavy atom. The van der Waals surface area contributed by atoms with E-state index in [-0.39, 0.29) is 16.2 Å². The fraction of sp³-hybridized carbons (Fsp3) is 0. The SMILES string of the molecule is O=Cc1c(OS(=O)(=O)c2ccc(Cl)cc2)ccc2ccccc12. The maximum atomic E-state index is 12.3. The molecule has 0 radical (unpaired) electrons. The number of benzene rings is 3. The van der Waals surface area contributed by atoms with Crippen molar-refractivity contribution < 1.29 is 17.4 Å². The lowest BCUT2D eigenvalue weighted by Crippen LogP contribution is -2.11. The summed E-state index contributed by atoms with van der Waals surface area (Å²) >= 11 is 5.75. The quantitative estimate of drug-likeness (QED) is 0.527. The smallest absolute Gasteiger partial charge is 0.339 e. The van der Waals surface area contributed by atoms with Crippen molar-refractivity contribution in [2.45, 2.75) is 4.90 Å². The summed E-state index contributed by atoms with van der Waals surface area (Å²) in [4.78, 5) is 11.4. The molecule has 3 rings (SSSR count). The van der Waals surface area contributed by atoms with Gasteiger partial charge in [0.1, 0.15) is 4.90 Å². The molecule has 6 heteroatoms. The highest BCUT2D eigenvalue weighted by Crippen LogP contribution is 2.29. The molecule has 0 atom stereocenters. The minimum absolute atomic E-state index is 0.00588. The van der Waals surface area contributed by atoms with Crippen LogP contribution in [0.1, 0.15) is 10.4 Å². The maximum Gasteiger partial charge on any atom is 0.339 e. The van der Waals surface area contributed by atoms with Crippen molar-refractivity contribution in [1.82, 2.24) is 0 Å². The predicted molar refractivity (Wildman–Crippen MR) is 88.6 cm³/mol. The summed E-state index contributed by atoms with van der Waals surface area (Å²) in [6.07, 6.45) is 0.592. The van der Waals surface area contributed by atoms with Gasteiger partial charge in [0.05, 0.1) is 5.56 Å². The van der Waals surface area contributed by atoms with Crippen LogP contribution in [0.15, 0.2) is 65.6 Å². The second-order valence-corrected chi connectivity index (χ2v) is 6.79. The Bertz CT molecular complexity index is 979. The zero-order valence-corrected chi connectivity index (χ0v) is 13.3. The third kappa shape index (κ3) is 3.06. The average molecular weight is 347 g/mol. The van der Waals surface area contributed by atoms with E-state index < -0.39 is 10.1 Å². The lowest BCUT2D eigenvalue weighted by molar-refractivity contribution is 0.112. The Morgan fingerprint density at radius 3 is 2.30 bits per heavy atom. The van der Waals surface area contributed by atoms with E-state index >= 15 is 0 Å². The van der Waals surface area contributed by atoms with Crippen LogP contribution in [0.4, 0.5) is 0 Å². The topological polar surface area (TPSA) is 60.4 Å². The monoisotopic (exact) mass is 346 g/mol. The Kier molecular flexibility index (Phi) is 4.07. The van der Waals surface area contributed by atoms with Crippen molar-refractivity contribution >= 4 is 38.8 Å². The molecule has 0 aromatic heterocycles. The van der Waals surface area contributed by atoms with Crippen molar-refractivity contribution in [3.8, 4) is 5.75 Å². The standard InChI is InChI=1S/C17H11ClO4S/c18-13-6-8-14(9-7-13)23(20,21)22-17-10-5-12-3-1-2-4-15(12)16(17)11-19/h1-11H. The third-order valence-electron chi connectivity index (χ3n) is 3.35. The number of fused-ring (bicyclic) bond motifs is 1. The van der Waals surface area contributed by atoms with Gasteiger partial charge in [0.15, 0.2) is 12.0 Å². The highest BCUT2D eigenvalue weighted by molar-refractivity contribution is 7.87. The van der Waals surface area contributed by atoms with Crippen LogP contribution in [0.2, 0.25) is 5.02 Å². The van der Waals surface area contributed by atoms with Crippen LogP contribution in [-0.2, 0) is 10.1 Å². The van der Waals surface area contributed by atoms with Crippen LogP contribution >= 0.6 is 11.6 Å². The zero-order valence-electron chi connectivity index (χ0n) is 11.8. The normalized spacial score (nSPS) is 11.3. The molecule has 0 bridgehead atoms. The van der Waals surface area contributed by atoms with Gasteiger partial charge in [0, 0.05) is 5.02 Å². The molecule has 3 aromatic carbocycles. The highest BCUT2D eigenvalue weighted by atomic mass is 35.5. The van der Waals surface area contributed by atoms with E-state index in [2.05, 4.69) is 0 Å². The van der Waals surface area contributed by atoms with Crippen molar-refractivity contribution in [2.24, 2.45) is 0 Å². The van der Waals surface area contributed by atoms with Gasteiger partial charge in [0.25, 0.3) is 0 Å². The average Bonchev–Trinajstić information content (AvgIpc) is 2.55. The molecular formula is C17H11ClO4S. The molecular weight excluding hydrogens is 336 g/mol. The minimum Gasteiger partial charge on any atom is -0.378 e. The van der Waals surface area contributed by atoms with Gasteiger partial charge in [-0.1, -0.05) is 41.9 Å². The fourth-order valence-electron chi connectivity index (χ4n) is 2.24. The number of rotatable bonds is 4. The maximum absolute atomic E-state index is 12.3. The lowest BCUT2D eigenvalue weighted by Gasteiger charge is -2.11. The molecule has 0 aliphatic carbocycles. The van der Waals surface area contributed by atoms with Crippen molar-refractivity contribution in [3.05, 3.63) is 71.2 Å². The summed E-state index contributed by atoms with van der Waals surface area (Å²) in [5, 5.41) is 1.88. The Balaban J connectivity index is 2.07. The molecule has 0 saturated carbocycles. The summed E-state index contributed by atoms with van der Waals surface area (Å²) in [6.45, 7) is 0. The second-order valence-electron chi connectivity index (χ2n) is 4.81. The molecule has 0 aliphatic heterocycles. The van der Waals surface area contributed by atoms with E-state index in [1.807, 2.05) is 12.1 Å². The van der Waals surface area contributed by atoms with E-state index in [1.54, 1.807) is 18.2 Å². The van der Waals surface area contributed by atoms with Gasteiger partial charge in [-0.05, 0) is 41.1 Å². The van der Waals surface area contributed by atoms with Gasteiger partial charge in [-0.3, -0.25) is 4.79 Å².